The number of aromatic nitrogens is 1. The van der Waals surface area contributed by atoms with E-state index in [2.05, 4.69) is 15.6 Å². The van der Waals surface area contributed by atoms with E-state index in [9.17, 15) is 14.4 Å². The highest BCUT2D eigenvalue weighted by Crippen LogP contribution is 2.34. The fraction of sp³-hybridized carbons (Fsp3) is 0.167. The summed E-state index contributed by atoms with van der Waals surface area (Å²) in [6, 6.07) is 14.9. The van der Waals surface area contributed by atoms with Crippen molar-refractivity contribution in [3.05, 3.63) is 66.4 Å². The van der Waals surface area contributed by atoms with E-state index in [1.165, 1.54) is 12.3 Å². The van der Waals surface area contributed by atoms with Crippen LogP contribution >= 0.6 is 11.8 Å². The third-order valence-electron chi connectivity index (χ3n) is 4.70. The van der Waals surface area contributed by atoms with E-state index in [0.29, 0.717) is 33.6 Å². The number of hydrogen-bond donors (Lipinski definition) is 2. The molecule has 0 radical (unpaired) electrons. The van der Waals surface area contributed by atoms with E-state index in [-0.39, 0.29) is 24.0 Å². The number of rotatable bonds is 9. The fourth-order valence-electron chi connectivity index (χ4n) is 3.05. The topological polar surface area (TPSA) is 125 Å². The lowest BCUT2D eigenvalue weighted by Gasteiger charge is -2.10. The monoisotopic (exact) mass is 495 g/mol. The van der Waals surface area contributed by atoms with Crippen LogP contribution in [0.5, 0.6) is 17.2 Å². The highest BCUT2D eigenvalue weighted by Gasteiger charge is 2.18. The molecule has 0 fully saturated rings. The predicted molar refractivity (Wildman–Crippen MR) is 128 cm³/mol. The van der Waals surface area contributed by atoms with Gasteiger partial charge in [0, 0.05) is 23.6 Å². The summed E-state index contributed by atoms with van der Waals surface area (Å²) >= 11 is 1.08. The number of anilines is 2. The number of hydrogen-bond acceptors (Lipinski definition) is 9. The van der Waals surface area contributed by atoms with Crippen molar-refractivity contribution >= 4 is 40.9 Å². The molecule has 2 aromatic carbocycles. The molecule has 180 valence electrons. The molecule has 1 aliphatic heterocycles. The first-order chi connectivity index (χ1) is 17.0. The quantitative estimate of drug-likeness (QED) is 0.340. The zero-order valence-electron chi connectivity index (χ0n) is 18.6. The van der Waals surface area contributed by atoms with E-state index in [0.717, 1.165) is 11.8 Å². The third kappa shape index (κ3) is 6.42. The average Bonchev–Trinajstić information content (AvgIpc) is 3.35. The minimum absolute atomic E-state index is 0.00366. The van der Waals surface area contributed by atoms with Crippen molar-refractivity contribution in [3.63, 3.8) is 0 Å². The minimum atomic E-state index is -0.721. The van der Waals surface area contributed by atoms with Gasteiger partial charge >= 0.3 is 5.97 Å². The van der Waals surface area contributed by atoms with Gasteiger partial charge in [-0.15, -0.1) is 0 Å². The summed E-state index contributed by atoms with van der Waals surface area (Å²) in [7, 11) is 1.55. The van der Waals surface area contributed by atoms with Crippen LogP contribution < -0.4 is 24.8 Å². The number of amides is 2. The number of methoxy groups -OCH3 is 1. The molecule has 11 heteroatoms. The number of ether oxygens (including phenoxy) is 4. The molecule has 10 nitrogen and oxygen atoms in total. The third-order valence-corrected chi connectivity index (χ3v) is 5.70. The number of pyridine rings is 1. The van der Waals surface area contributed by atoms with Crippen LogP contribution in [0.4, 0.5) is 11.4 Å². The number of carbonyl (C=O) groups is 3. The van der Waals surface area contributed by atoms with Gasteiger partial charge in [0.2, 0.25) is 12.7 Å². The number of nitrogens with zero attached hydrogens (tertiary/aromatic N) is 1. The van der Waals surface area contributed by atoms with Gasteiger partial charge in [-0.25, -0.2) is 9.78 Å². The molecule has 0 saturated heterocycles. The Morgan fingerprint density at radius 1 is 0.971 bits per heavy atom. The second-order valence-electron chi connectivity index (χ2n) is 7.11. The van der Waals surface area contributed by atoms with E-state index >= 15 is 0 Å². The van der Waals surface area contributed by atoms with Gasteiger partial charge in [-0.05, 0) is 48.5 Å². The maximum absolute atomic E-state index is 12.6. The van der Waals surface area contributed by atoms with E-state index in [1.807, 2.05) is 0 Å². The predicted octanol–water partition coefficient (Wildman–Crippen LogP) is 3.35. The van der Waals surface area contributed by atoms with Crippen LogP contribution in [0.15, 0.2) is 65.8 Å². The summed E-state index contributed by atoms with van der Waals surface area (Å²) in [6.07, 6.45) is 1.51. The Kier molecular flexibility index (Phi) is 7.68. The molecular weight excluding hydrogens is 474 g/mol. The first-order valence-electron chi connectivity index (χ1n) is 10.4. The summed E-state index contributed by atoms with van der Waals surface area (Å²) in [5.74, 6) is 0.321. The number of fused-ring (bicyclic) bond motifs is 1. The van der Waals surface area contributed by atoms with Gasteiger partial charge in [-0.2, -0.15) is 0 Å². The molecule has 0 atom stereocenters. The second-order valence-corrected chi connectivity index (χ2v) is 8.08. The smallest absolute Gasteiger partial charge is 0.341 e. The molecule has 2 heterocycles. The molecule has 0 saturated carbocycles. The molecule has 0 aliphatic carbocycles. The molecule has 1 aromatic heterocycles. The van der Waals surface area contributed by atoms with Gasteiger partial charge < -0.3 is 29.6 Å². The molecule has 0 spiro atoms. The van der Waals surface area contributed by atoms with Gasteiger partial charge in [0.25, 0.3) is 5.91 Å². The zero-order chi connectivity index (χ0) is 24.6. The van der Waals surface area contributed by atoms with Crippen molar-refractivity contribution in [2.45, 2.75) is 5.03 Å². The Bertz CT molecular complexity index is 1230. The molecule has 0 bridgehead atoms. The lowest BCUT2D eigenvalue weighted by atomic mass is 10.3. The van der Waals surface area contributed by atoms with Crippen molar-refractivity contribution in [1.29, 1.82) is 0 Å². The first kappa shape index (κ1) is 23.9. The number of nitrogens with one attached hydrogen (secondary N) is 2. The Labute approximate surface area is 204 Å². The minimum Gasteiger partial charge on any atom is -0.497 e. The number of thioether (sulfide) groups is 1. The van der Waals surface area contributed by atoms with Gasteiger partial charge in [0.05, 0.1) is 18.4 Å². The highest BCUT2D eigenvalue weighted by atomic mass is 32.2. The van der Waals surface area contributed by atoms with Crippen LogP contribution in [0, 0.1) is 0 Å². The summed E-state index contributed by atoms with van der Waals surface area (Å²) in [6.45, 7) is -0.335. The molecule has 1 aliphatic rings. The number of carbonyl (C=O) groups excluding carboxylic acids is 3. The van der Waals surface area contributed by atoms with Crippen LogP contribution in [0.1, 0.15) is 10.4 Å². The van der Waals surface area contributed by atoms with Crippen molar-refractivity contribution in [3.8, 4) is 17.2 Å². The number of esters is 1. The molecule has 3 aromatic rings. The Morgan fingerprint density at radius 3 is 2.51 bits per heavy atom. The molecule has 0 unspecified atom stereocenters. The van der Waals surface area contributed by atoms with Gasteiger partial charge in [-0.3, -0.25) is 9.59 Å². The summed E-state index contributed by atoms with van der Waals surface area (Å²) in [4.78, 5) is 41.2. The van der Waals surface area contributed by atoms with Crippen molar-refractivity contribution in [1.82, 2.24) is 4.98 Å². The largest absolute Gasteiger partial charge is 0.497 e. The Hall–Kier alpha value is -4.25. The molecule has 2 N–H and O–H groups in total. The van der Waals surface area contributed by atoms with Crippen LogP contribution in [0.3, 0.4) is 0 Å². The standard InChI is InChI=1S/C24H21N3O7S/c1-31-17-7-4-15(5-8-17)26-21(28)12-32-24(30)18-3-2-10-25-23(18)35-13-22(29)27-16-6-9-19-20(11-16)34-14-33-19/h2-11H,12-14H2,1H3,(H,26,28)(H,27,29). The average molecular weight is 496 g/mol. The maximum Gasteiger partial charge on any atom is 0.341 e. The maximum atomic E-state index is 12.6. The van der Waals surface area contributed by atoms with E-state index < -0.39 is 18.5 Å². The Balaban J connectivity index is 1.28. The highest BCUT2D eigenvalue weighted by molar-refractivity contribution is 8.00. The van der Waals surface area contributed by atoms with E-state index in [1.54, 1.807) is 55.6 Å². The van der Waals surface area contributed by atoms with Gasteiger partial charge in [-0.1, -0.05) is 11.8 Å². The van der Waals surface area contributed by atoms with Gasteiger partial charge in [0.1, 0.15) is 10.8 Å². The van der Waals surface area contributed by atoms with Crippen LogP contribution in [0.2, 0.25) is 0 Å². The molecular formula is C24H21N3O7S. The molecule has 35 heavy (non-hydrogen) atoms. The SMILES string of the molecule is COc1ccc(NC(=O)COC(=O)c2cccnc2SCC(=O)Nc2ccc3c(c2)OCO3)cc1. The summed E-state index contributed by atoms with van der Waals surface area (Å²) in [5.41, 5.74) is 1.26. The zero-order valence-corrected chi connectivity index (χ0v) is 19.4. The lowest BCUT2D eigenvalue weighted by molar-refractivity contribution is -0.119. The first-order valence-corrected chi connectivity index (χ1v) is 11.4. The normalized spacial score (nSPS) is 11.5. The summed E-state index contributed by atoms with van der Waals surface area (Å²) in [5, 5.41) is 5.71. The van der Waals surface area contributed by atoms with Crippen molar-refractivity contribution in [2.24, 2.45) is 0 Å². The fourth-order valence-corrected chi connectivity index (χ4v) is 3.83. The van der Waals surface area contributed by atoms with Crippen LogP contribution in [0.25, 0.3) is 0 Å². The van der Waals surface area contributed by atoms with E-state index in [4.69, 9.17) is 18.9 Å². The number of benzene rings is 2. The van der Waals surface area contributed by atoms with Crippen LogP contribution in [-0.2, 0) is 14.3 Å². The van der Waals surface area contributed by atoms with Crippen molar-refractivity contribution < 1.29 is 33.3 Å². The summed E-state index contributed by atoms with van der Waals surface area (Å²) < 4.78 is 20.8. The Morgan fingerprint density at radius 2 is 1.71 bits per heavy atom. The second kappa shape index (κ2) is 11.3. The van der Waals surface area contributed by atoms with Crippen molar-refractivity contribution in [2.75, 3.05) is 36.9 Å². The van der Waals surface area contributed by atoms with Gasteiger partial charge in [0.15, 0.2) is 18.1 Å². The molecule has 4 rings (SSSR count). The molecule has 2 amide bonds. The lowest BCUT2D eigenvalue weighted by Crippen LogP contribution is -2.21. The van der Waals surface area contributed by atoms with Crippen LogP contribution in [-0.4, -0.2) is 49.0 Å².